The number of carboxylic acid groups (broad SMARTS) is 1. The fourth-order valence-corrected chi connectivity index (χ4v) is 4.06. The lowest BCUT2D eigenvalue weighted by Gasteiger charge is -2.40. The number of hydrogen-bond acceptors (Lipinski definition) is 5. The van der Waals surface area contributed by atoms with Crippen LogP contribution >= 0.6 is 0 Å². The first-order valence-electron chi connectivity index (χ1n) is 6.40. The molecule has 122 valence electrons. The summed E-state index contributed by atoms with van der Waals surface area (Å²) >= 11 is 0. The summed E-state index contributed by atoms with van der Waals surface area (Å²) in [5, 5.41) is 8.97. The molecule has 1 aliphatic heterocycles. The highest BCUT2D eigenvalue weighted by molar-refractivity contribution is 7.89. The number of carboxylic acids is 1. The van der Waals surface area contributed by atoms with E-state index in [4.69, 9.17) is 14.6 Å². The summed E-state index contributed by atoms with van der Waals surface area (Å²) in [5.74, 6) is -2.26. The van der Waals surface area contributed by atoms with Gasteiger partial charge in [0, 0.05) is 26.1 Å². The fourth-order valence-electron chi connectivity index (χ4n) is 2.34. The molecule has 0 spiro atoms. The standard InChI is InChI=1S/C13H16FNO6S/c1-20-10-4-3-9(14)5-11(10)22(18,19)15-6-8(7-15)12(21-2)13(16)17/h3-5,8,12H,6-7H2,1-2H3,(H,16,17). The van der Waals surface area contributed by atoms with Gasteiger partial charge >= 0.3 is 5.97 Å². The minimum absolute atomic E-state index is 0.00714. The Morgan fingerprint density at radius 3 is 2.55 bits per heavy atom. The van der Waals surface area contributed by atoms with Crippen molar-refractivity contribution in [1.29, 1.82) is 0 Å². The summed E-state index contributed by atoms with van der Waals surface area (Å²) in [7, 11) is -1.40. The number of methoxy groups -OCH3 is 2. The van der Waals surface area contributed by atoms with Crippen LogP contribution < -0.4 is 4.74 Å². The van der Waals surface area contributed by atoms with Gasteiger partial charge in [0.25, 0.3) is 0 Å². The predicted octanol–water partition coefficient (Wildman–Crippen LogP) is 0.554. The Balaban J connectivity index is 2.21. The van der Waals surface area contributed by atoms with E-state index in [-0.39, 0.29) is 23.7 Å². The molecule has 1 heterocycles. The van der Waals surface area contributed by atoms with E-state index in [2.05, 4.69) is 0 Å². The maximum Gasteiger partial charge on any atom is 0.333 e. The minimum atomic E-state index is -3.95. The molecule has 9 heteroatoms. The molecule has 0 radical (unpaired) electrons. The number of rotatable bonds is 6. The van der Waals surface area contributed by atoms with Crippen molar-refractivity contribution in [3.05, 3.63) is 24.0 Å². The number of aliphatic carboxylic acids is 1. The lowest BCUT2D eigenvalue weighted by atomic mass is 9.96. The van der Waals surface area contributed by atoms with E-state index in [9.17, 15) is 17.6 Å². The van der Waals surface area contributed by atoms with Crippen molar-refractivity contribution in [1.82, 2.24) is 4.31 Å². The molecule has 22 heavy (non-hydrogen) atoms. The second kappa shape index (κ2) is 6.19. The molecule has 1 aliphatic rings. The number of halogens is 1. The molecule has 2 rings (SSSR count). The highest BCUT2D eigenvalue weighted by atomic mass is 32.2. The molecular weight excluding hydrogens is 317 g/mol. The van der Waals surface area contributed by atoms with Crippen LogP contribution in [0.3, 0.4) is 0 Å². The molecule has 1 atom stereocenters. The number of nitrogens with zero attached hydrogens (tertiary/aromatic N) is 1. The Kier molecular flexibility index (Phi) is 4.69. The molecule has 1 N–H and O–H groups in total. The van der Waals surface area contributed by atoms with Crippen LogP contribution in [0, 0.1) is 11.7 Å². The quantitative estimate of drug-likeness (QED) is 0.817. The van der Waals surface area contributed by atoms with Gasteiger partial charge in [-0.2, -0.15) is 4.31 Å². The Morgan fingerprint density at radius 1 is 1.41 bits per heavy atom. The molecule has 0 aliphatic carbocycles. The predicted molar refractivity (Wildman–Crippen MR) is 73.6 cm³/mol. The minimum Gasteiger partial charge on any atom is -0.495 e. The van der Waals surface area contributed by atoms with Crippen molar-refractivity contribution in [3.8, 4) is 5.75 Å². The van der Waals surface area contributed by atoms with Gasteiger partial charge in [0.15, 0.2) is 6.10 Å². The smallest absolute Gasteiger partial charge is 0.333 e. The van der Waals surface area contributed by atoms with E-state index in [1.54, 1.807) is 0 Å². The monoisotopic (exact) mass is 333 g/mol. The van der Waals surface area contributed by atoms with Crippen molar-refractivity contribution in [2.75, 3.05) is 27.3 Å². The first-order chi connectivity index (χ1) is 10.3. The second-order valence-corrected chi connectivity index (χ2v) is 6.78. The molecule has 1 aromatic carbocycles. The number of ether oxygens (including phenoxy) is 2. The Labute approximate surface area is 127 Å². The van der Waals surface area contributed by atoms with Crippen LogP contribution in [0.25, 0.3) is 0 Å². The van der Waals surface area contributed by atoms with Crippen molar-refractivity contribution < 1.29 is 32.2 Å². The van der Waals surface area contributed by atoms with Crippen molar-refractivity contribution in [2.45, 2.75) is 11.0 Å². The van der Waals surface area contributed by atoms with Crippen LogP contribution in [-0.2, 0) is 19.6 Å². The second-order valence-electron chi connectivity index (χ2n) is 4.87. The molecule has 1 unspecified atom stereocenters. The number of benzene rings is 1. The zero-order chi connectivity index (χ0) is 16.5. The van der Waals surface area contributed by atoms with E-state index in [1.807, 2.05) is 0 Å². The van der Waals surface area contributed by atoms with Gasteiger partial charge in [-0.25, -0.2) is 17.6 Å². The maximum absolute atomic E-state index is 13.3. The third-order valence-electron chi connectivity index (χ3n) is 3.55. The van der Waals surface area contributed by atoms with Gasteiger partial charge < -0.3 is 14.6 Å². The molecule has 0 saturated carbocycles. The van der Waals surface area contributed by atoms with Crippen LogP contribution in [0.15, 0.2) is 23.1 Å². The third kappa shape index (κ3) is 2.92. The molecule has 0 aromatic heterocycles. The first-order valence-corrected chi connectivity index (χ1v) is 7.84. The van der Waals surface area contributed by atoms with E-state index >= 15 is 0 Å². The largest absolute Gasteiger partial charge is 0.495 e. The Hall–Kier alpha value is -1.71. The normalized spacial score (nSPS) is 17.8. The summed E-state index contributed by atoms with van der Waals surface area (Å²) in [6.45, 7) is -0.0143. The zero-order valence-electron chi connectivity index (χ0n) is 12.0. The summed E-state index contributed by atoms with van der Waals surface area (Å²) in [5.41, 5.74) is 0. The van der Waals surface area contributed by atoms with Crippen LogP contribution in [0.1, 0.15) is 0 Å². The summed E-state index contributed by atoms with van der Waals surface area (Å²) in [6.07, 6.45) is -1.07. The lowest BCUT2D eigenvalue weighted by molar-refractivity contribution is -0.154. The topological polar surface area (TPSA) is 93.1 Å². The van der Waals surface area contributed by atoms with Crippen LogP contribution in [0.2, 0.25) is 0 Å². The van der Waals surface area contributed by atoms with Crippen LogP contribution in [0.5, 0.6) is 5.75 Å². The molecule has 1 fully saturated rings. The van der Waals surface area contributed by atoms with Gasteiger partial charge in [-0.15, -0.1) is 0 Å². The highest BCUT2D eigenvalue weighted by Gasteiger charge is 2.44. The third-order valence-corrected chi connectivity index (χ3v) is 5.40. The molecular formula is C13H16FNO6S. The van der Waals surface area contributed by atoms with Gasteiger partial charge in [-0.1, -0.05) is 0 Å². The van der Waals surface area contributed by atoms with Crippen LogP contribution in [-0.4, -0.2) is 57.2 Å². The van der Waals surface area contributed by atoms with Gasteiger partial charge in [0.2, 0.25) is 10.0 Å². The van der Waals surface area contributed by atoms with E-state index in [1.165, 1.54) is 20.3 Å². The molecule has 1 aromatic rings. The molecule has 0 bridgehead atoms. The summed E-state index contributed by atoms with van der Waals surface area (Å²) in [6, 6.07) is 3.21. The van der Waals surface area contributed by atoms with E-state index < -0.39 is 33.8 Å². The van der Waals surface area contributed by atoms with E-state index in [0.717, 1.165) is 16.4 Å². The Bertz CT molecular complexity index is 671. The van der Waals surface area contributed by atoms with Crippen molar-refractivity contribution in [3.63, 3.8) is 0 Å². The SMILES string of the molecule is COc1ccc(F)cc1S(=O)(=O)N1CC(C(OC)C(=O)O)C1. The van der Waals surface area contributed by atoms with Crippen molar-refractivity contribution in [2.24, 2.45) is 5.92 Å². The highest BCUT2D eigenvalue weighted by Crippen LogP contribution is 2.33. The van der Waals surface area contributed by atoms with Gasteiger partial charge in [-0.3, -0.25) is 0 Å². The van der Waals surface area contributed by atoms with Crippen LogP contribution in [0.4, 0.5) is 4.39 Å². The van der Waals surface area contributed by atoms with Crippen molar-refractivity contribution >= 4 is 16.0 Å². The van der Waals surface area contributed by atoms with E-state index in [0.29, 0.717) is 0 Å². The number of carbonyl (C=O) groups is 1. The Morgan fingerprint density at radius 2 is 2.05 bits per heavy atom. The average molecular weight is 333 g/mol. The maximum atomic E-state index is 13.3. The molecule has 7 nitrogen and oxygen atoms in total. The average Bonchev–Trinajstić information content (AvgIpc) is 2.41. The summed E-state index contributed by atoms with van der Waals surface area (Å²) in [4.78, 5) is 10.7. The lowest BCUT2D eigenvalue weighted by Crippen LogP contribution is -2.56. The van der Waals surface area contributed by atoms with Gasteiger partial charge in [0.1, 0.15) is 16.5 Å². The zero-order valence-corrected chi connectivity index (χ0v) is 12.8. The molecule has 0 amide bonds. The molecule has 1 saturated heterocycles. The first kappa shape index (κ1) is 16.7. The number of hydrogen-bond donors (Lipinski definition) is 1. The van der Waals surface area contributed by atoms with Gasteiger partial charge in [0.05, 0.1) is 7.11 Å². The van der Waals surface area contributed by atoms with Gasteiger partial charge in [-0.05, 0) is 18.2 Å². The number of sulfonamides is 1. The fraction of sp³-hybridized carbons (Fsp3) is 0.462. The summed E-state index contributed by atoms with van der Waals surface area (Å²) < 4.78 is 49.1.